The molecule has 2 aliphatic heterocycles. The first-order chi connectivity index (χ1) is 24.4. The molecule has 11 nitrogen and oxygen atoms in total. The number of hydrogen-bond donors (Lipinski definition) is 4. The van der Waals surface area contributed by atoms with Crippen LogP contribution in [0.5, 0.6) is 5.75 Å². The molecule has 2 aromatic carbocycles. The predicted octanol–water partition coefficient (Wildman–Crippen LogP) is 3.87. The first-order valence-corrected chi connectivity index (χ1v) is 17.1. The molecule has 4 aromatic rings. The molecule has 0 spiro atoms. The zero-order chi connectivity index (χ0) is 36.1. The standard InChI is InChI=1S/C36H39ClF3N5O6/c37-28-6-3-4-23-16-26(51-33(23)28)18-44-12-13-45(29(19-44)35(49)42-21-36(38,39)40)17-25(46)15-24(14-22-8-10-41-11-9-22)34(48)43-32-27-5-1-2-7-31(27)50-20-30(32)47/h1-11,16,24-25,29-30,32,46-47H,12-15,17-21H2,(H,42,49)(H,43,48). The zero-order valence-electron chi connectivity index (χ0n) is 27.6. The van der Waals surface area contributed by atoms with Crippen molar-refractivity contribution >= 4 is 34.4 Å². The summed E-state index contributed by atoms with van der Waals surface area (Å²) in [5.41, 5.74) is 1.95. The van der Waals surface area contributed by atoms with Crippen LogP contribution >= 0.6 is 11.6 Å². The summed E-state index contributed by atoms with van der Waals surface area (Å²) in [5.74, 6) is -0.847. The van der Waals surface area contributed by atoms with Crippen molar-refractivity contribution in [1.82, 2.24) is 25.4 Å². The number of aliphatic hydroxyl groups is 2. The molecule has 2 aliphatic rings. The molecule has 5 unspecified atom stereocenters. The van der Waals surface area contributed by atoms with Crippen LogP contribution in [-0.2, 0) is 22.6 Å². The summed E-state index contributed by atoms with van der Waals surface area (Å²) in [6, 6.07) is 16.1. The van der Waals surface area contributed by atoms with E-state index >= 15 is 0 Å². The van der Waals surface area contributed by atoms with Crippen LogP contribution in [0.4, 0.5) is 13.2 Å². The zero-order valence-corrected chi connectivity index (χ0v) is 28.3. The van der Waals surface area contributed by atoms with Crippen molar-refractivity contribution < 1.29 is 42.1 Å². The van der Waals surface area contributed by atoms with Gasteiger partial charge >= 0.3 is 6.18 Å². The Morgan fingerprint density at radius 2 is 1.86 bits per heavy atom. The maximum Gasteiger partial charge on any atom is 0.405 e. The molecule has 2 amide bonds. The van der Waals surface area contributed by atoms with E-state index in [1.807, 2.05) is 22.3 Å². The van der Waals surface area contributed by atoms with Crippen molar-refractivity contribution in [1.29, 1.82) is 0 Å². The second-order valence-corrected chi connectivity index (χ2v) is 13.4. The number of pyridine rings is 1. The van der Waals surface area contributed by atoms with Gasteiger partial charge in [0.25, 0.3) is 0 Å². The Morgan fingerprint density at radius 1 is 1.08 bits per heavy atom. The lowest BCUT2D eigenvalue weighted by Gasteiger charge is -2.41. The lowest BCUT2D eigenvalue weighted by molar-refractivity contribution is -0.143. The molecule has 5 atom stereocenters. The molecule has 51 heavy (non-hydrogen) atoms. The Labute approximate surface area is 297 Å². The Balaban J connectivity index is 1.16. The Morgan fingerprint density at radius 3 is 2.63 bits per heavy atom. The molecule has 6 rings (SSSR count). The highest BCUT2D eigenvalue weighted by molar-refractivity contribution is 6.34. The number of fused-ring (bicyclic) bond motifs is 2. The van der Waals surface area contributed by atoms with Crippen LogP contribution < -0.4 is 15.4 Å². The van der Waals surface area contributed by atoms with Gasteiger partial charge in [-0.3, -0.25) is 24.4 Å². The van der Waals surface area contributed by atoms with Crippen LogP contribution in [0.1, 0.15) is 29.3 Å². The number of nitrogens with one attached hydrogen (secondary N) is 2. The lowest BCUT2D eigenvalue weighted by Crippen LogP contribution is -2.60. The van der Waals surface area contributed by atoms with Crippen LogP contribution in [0.3, 0.4) is 0 Å². The van der Waals surface area contributed by atoms with E-state index in [1.54, 1.807) is 65.8 Å². The normalized spacial score (nSPS) is 21.0. The van der Waals surface area contributed by atoms with Gasteiger partial charge in [0.15, 0.2) is 5.58 Å². The van der Waals surface area contributed by atoms with Gasteiger partial charge in [0.2, 0.25) is 11.8 Å². The first kappa shape index (κ1) is 36.6. The van der Waals surface area contributed by atoms with Gasteiger partial charge in [-0.05, 0) is 48.7 Å². The molecule has 1 saturated heterocycles. The van der Waals surface area contributed by atoms with E-state index in [2.05, 4.69) is 10.3 Å². The van der Waals surface area contributed by atoms with Crippen LogP contribution in [0.2, 0.25) is 5.02 Å². The van der Waals surface area contributed by atoms with Gasteiger partial charge in [0.1, 0.15) is 36.8 Å². The number of hydrogen-bond acceptors (Lipinski definition) is 9. The largest absolute Gasteiger partial charge is 0.490 e. The van der Waals surface area contributed by atoms with E-state index < -0.39 is 54.7 Å². The van der Waals surface area contributed by atoms with Gasteiger partial charge in [-0.15, -0.1) is 0 Å². The maximum atomic E-state index is 13.9. The number of carbonyl (C=O) groups excluding carboxylic acids is 2. The Bertz CT molecular complexity index is 1810. The second kappa shape index (κ2) is 16.0. The summed E-state index contributed by atoms with van der Waals surface area (Å²) < 4.78 is 50.8. The fourth-order valence-electron chi connectivity index (χ4n) is 6.72. The minimum atomic E-state index is -4.60. The number of β-amino-alcohol motifs (C(OH)–C–C–N with tert-alkyl or cyclic N) is 1. The smallest absolute Gasteiger partial charge is 0.405 e. The highest BCUT2D eigenvalue weighted by atomic mass is 35.5. The van der Waals surface area contributed by atoms with E-state index in [-0.39, 0.29) is 39.1 Å². The molecule has 0 aliphatic carbocycles. The summed E-state index contributed by atoms with van der Waals surface area (Å²) >= 11 is 6.27. The minimum Gasteiger partial charge on any atom is -0.490 e. The average Bonchev–Trinajstić information content (AvgIpc) is 3.52. The lowest BCUT2D eigenvalue weighted by atomic mass is 9.91. The van der Waals surface area contributed by atoms with E-state index in [9.17, 15) is 33.0 Å². The summed E-state index contributed by atoms with van der Waals surface area (Å²) in [5, 5.41) is 28.4. The fraction of sp³-hybridized carbons (Fsp3) is 0.417. The van der Waals surface area contributed by atoms with E-state index in [0.29, 0.717) is 40.8 Å². The Hall–Kier alpha value is -4.21. The van der Waals surface area contributed by atoms with Crippen molar-refractivity contribution in [3.05, 3.63) is 95.0 Å². The van der Waals surface area contributed by atoms with Crippen molar-refractivity contribution in [2.24, 2.45) is 5.92 Å². The number of aromatic nitrogens is 1. The number of amides is 2. The topological polar surface area (TPSA) is 140 Å². The van der Waals surface area contributed by atoms with Crippen molar-refractivity contribution in [2.75, 3.05) is 39.3 Å². The van der Waals surface area contributed by atoms with Crippen LogP contribution in [-0.4, -0.2) is 101 Å². The average molecular weight is 730 g/mol. The van der Waals surface area contributed by atoms with Crippen molar-refractivity contribution in [3.63, 3.8) is 0 Å². The van der Waals surface area contributed by atoms with Gasteiger partial charge in [-0.2, -0.15) is 13.2 Å². The number of benzene rings is 2. The molecule has 272 valence electrons. The molecule has 0 saturated carbocycles. The van der Waals surface area contributed by atoms with Crippen LogP contribution in [0, 0.1) is 5.92 Å². The van der Waals surface area contributed by atoms with Crippen molar-refractivity contribution in [3.8, 4) is 5.75 Å². The monoisotopic (exact) mass is 729 g/mol. The van der Waals surface area contributed by atoms with E-state index in [4.69, 9.17) is 20.8 Å². The third-order valence-electron chi connectivity index (χ3n) is 9.22. The summed E-state index contributed by atoms with van der Waals surface area (Å²) in [6.45, 7) is -0.509. The van der Waals surface area contributed by atoms with Gasteiger partial charge in [0.05, 0.1) is 23.7 Å². The number of furan rings is 1. The Kier molecular flexibility index (Phi) is 11.5. The second-order valence-electron chi connectivity index (χ2n) is 13.0. The number of ether oxygens (including phenoxy) is 1. The highest BCUT2D eigenvalue weighted by Crippen LogP contribution is 2.33. The number of nitrogens with zero attached hydrogens (tertiary/aromatic N) is 3. The molecule has 15 heteroatoms. The van der Waals surface area contributed by atoms with Gasteiger partial charge in [-0.1, -0.05) is 41.9 Å². The van der Waals surface area contributed by atoms with Crippen LogP contribution in [0.15, 0.2) is 77.5 Å². The molecule has 2 aromatic heterocycles. The molecular formula is C36H39ClF3N5O6. The number of rotatable bonds is 12. The first-order valence-electron chi connectivity index (χ1n) is 16.7. The SMILES string of the molecule is O=C(NC1c2ccccc2OCC1O)C(Cc1ccncc1)CC(O)CN1CCN(Cc2cc3cccc(Cl)c3o2)CC1C(=O)NCC(F)(F)F. The molecular weight excluding hydrogens is 691 g/mol. The molecule has 4 heterocycles. The van der Waals surface area contributed by atoms with Crippen molar-refractivity contribution in [2.45, 2.75) is 49.9 Å². The van der Waals surface area contributed by atoms with Gasteiger partial charge < -0.3 is 30.0 Å². The summed E-state index contributed by atoms with van der Waals surface area (Å²) in [6.07, 6.45) is -3.31. The molecule has 0 bridgehead atoms. The number of carbonyl (C=O) groups is 2. The van der Waals surface area contributed by atoms with Gasteiger partial charge in [-0.25, -0.2) is 0 Å². The van der Waals surface area contributed by atoms with E-state index in [0.717, 1.165) is 10.9 Å². The fourth-order valence-corrected chi connectivity index (χ4v) is 6.95. The molecule has 1 fully saturated rings. The molecule has 4 N–H and O–H groups in total. The maximum absolute atomic E-state index is 13.9. The third-order valence-corrected chi connectivity index (χ3v) is 9.52. The molecule has 0 radical (unpaired) electrons. The number of aliphatic hydroxyl groups excluding tert-OH is 2. The third kappa shape index (κ3) is 9.37. The summed E-state index contributed by atoms with van der Waals surface area (Å²) in [4.78, 5) is 34.7. The predicted molar refractivity (Wildman–Crippen MR) is 182 cm³/mol. The van der Waals surface area contributed by atoms with E-state index in [1.165, 1.54) is 0 Å². The van der Waals surface area contributed by atoms with Crippen LogP contribution in [0.25, 0.3) is 11.0 Å². The summed E-state index contributed by atoms with van der Waals surface area (Å²) in [7, 11) is 0. The number of alkyl halides is 3. The van der Waals surface area contributed by atoms with Gasteiger partial charge in [0, 0.05) is 55.4 Å². The number of piperazine rings is 1. The number of halogens is 4. The number of para-hydroxylation sites is 2. The highest BCUT2D eigenvalue weighted by Gasteiger charge is 2.38. The minimum absolute atomic E-state index is 0.00648. The quantitative estimate of drug-likeness (QED) is 0.171.